The molecule has 3 rings (SSSR count). The summed E-state index contributed by atoms with van der Waals surface area (Å²) >= 11 is 1.43. The van der Waals surface area contributed by atoms with Gasteiger partial charge in [-0.15, -0.1) is 10.2 Å². The fourth-order valence-corrected chi connectivity index (χ4v) is 3.72. The maximum Gasteiger partial charge on any atom is 0.233 e. The number of thioether (sulfide) groups is 1. The first-order valence-corrected chi connectivity index (χ1v) is 10.3. The lowest BCUT2D eigenvalue weighted by molar-refractivity contribution is -0.120. The topological polar surface area (TPSA) is 72.3 Å². The molecule has 1 saturated heterocycles. The summed E-state index contributed by atoms with van der Waals surface area (Å²) in [7, 11) is 0. The standard InChI is InChI=1S/C19H27N5O2S/c1-4-9-20-17(25)15(3)27-19-22-21-18(23-10-12-26-13-11-23)24(19)16-7-5-14(2)6-8-16/h5-8,15H,4,9-13H2,1-3H3,(H,20,25). The molecule has 1 fully saturated rings. The molecule has 0 radical (unpaired) electrons. The number of ether oxygens (including phenoxy) is 1. The molecule has 1 aromatic carbocycles. The number of anilines is 1. The van der Waals surface area contributed by atoms with Crippen molar-refractivity contribution in [3.8, 4) is 5.69 Å². The van der Waals surface area contributed by atoms with Gasteiger partial charge in [0, 0.05) is 19.6 Å². The molecular weight excluding hydrogens is 362 g/mol. The van der Waals surface area contributed by atoms with Gasteiger partial charge in [0.25, 0.3) is 0 Å². The number of aryl methyl sites for hydroxylation is 1. The zero-order chi connectivity index (χ0) is 19.2. The summed E-state index contributed by atoms with van der Waals surface area (Å²) in [6, 6.07) is 8.28. The van der Waals surface area contributed by atoms with Crippen LogP contribution in [0.15, 0.2) is 29.4 Å². The lowest BCUT2D eigenvalue weighted by Gasteiger charge is -2.28. The number of nitrogens with one attached hydrogen (secondary N) is 1. The van der Waals surface area contributed by atoms with E-state index in [1.54, 1.807) is 0 Å². The Balaban J connectivity index is 1.90. The molecule has 1 aromatic heterocycles. The molecule has 1 atom stereocenters. The van der Waals surface area contributed by atoms with E-state index in [1.165, 1.54) is 17.3 Å². The van der Waals surface area contributed by atoms with Crippen LogP contribution in [0.5, 0.6) is 0 Å². The van der Waals surface area contributed by atoms with Crippen LogP contribution in [0.2, 0.25) is 0 Å². The fraction of sp³-hybridized carbons (Fsp3) is 0.526. The predicted molar refractivity (Wildman–Crippen MR) is 108 cm³/mol. The molecule has 0 spiro atoms. The van der Waals surface area contributed by atoms with Gasteiger partial charge in [-0.3, -0.25) is 9.36 Å². The van der Waals surface area contributed by atoms with Crippen LogP contribution in [0.25, 0.3) is 5.69 Å². The first-order chi connectivity index (χ1) is 13.1. The zero-order valence-electron chi connectivity index (χ0n) is 16.1. The summed E-state index contributed by atoms with van der Waals surface area (Å²) in [6.07, 6.45) is 0.920. The van der Waals surface area contributed by atoms with Crippen LogP contribution in [0, 0.1) is 6.92 Å². The van der Waals surface area contributed by atoms with Crippen molar-refractivity contribution in [2.75, 3.05) is 37.7 Å². The number of rotatable bonds is 7. The van der Waals surface area contributed by atoms with Crippen molar-refractivity contribution in [3.63, 3.8) is 0 Å². The maximum atomic E-state index is 12.3. The normalized spacial score (nSPS) is 15.6. The SMILES string of the molecule is CCCNC(=O)C(C)Sc1nnc(N2CCOCC2)n1-c1ccc(C)cc1. The highest BCUT2D eigenvalue weighted by Gasteiger charge is 2.24. The molecule has 146 valence electrons. The van der Waals surface area contributed by atoms with E-state index in [9.17, 15) is 4.79 Å². The van der Waals surface area contributed by atoms with E-state index < -0.39 is 0 Å². The van der Waals surface area contributed by atoms with Gasteiger partial charge < -0.3 is 15.0 Å². The quantitative estimate of drug-likeness (QED) is 0.733. The van der Waals surface area contributed by atoms with E-state index in [0.29, 0.717) is 19.8 Å². The third kappa shape index (κ3) is 4.81. The van der Waals surface area contributed by atoms with Crippen LogP contribution in [0.4, 0.5) is 5.95 Å². The molecule has 7 nitrogen and oxygen atoms in total. The van der Waals surface area contributed by atoms with Crippen LogP contribution < -0.4 is 10.2 Å². The van der Waals surface area contributed by atoms with Gasteiger partial charge in [0.1, 0.15) is 0 Å². The second kappa shape index (κ2) is 9.23. The van der Waals surface area contributed by atoms with Crippen molar-refractivity contribution in [1.29, 1.82) is 0 Å². The highest BCUT2D eigenvalue weighted by atomic mass is 32.2. The molecule has 8 heteroatoms. The van der Waals surface area contributed by atoms with Crippen LogP contribution in [0.3, 0.4) is 0 Å². The molecule has 0 aliphatic carbocycles. The molecule has 1 aliphatic rings. The number of amides is 1. The minimum Gasteiger partial charge on any atom is -0.378 e. The molecule has 1 unspecified atom stereocenters. The Bertz CT molecular complexity index is 756. The lowest BCUT2D eigenvalue weighted by atomic mass is 10.2. The number of morpholine rings is 1. The van der Waals surface area contributed by atoms with E-state index in [2.05, 4.69) is 51.6 Å². The van der Waals surface area contributed by atoms with Crippen LogP contribution in [-0.4, -0.2) is 58.8 Å². The van der Waals surface area contributed by atoms with Gasteiger partial charge in [0.15, 0.2) is 5.16 Å². The number of nitrogens with zero attached hydrogens (tertiary/aromatic N) is 4. The van der Waals surface area contributed by atoms with Crippen molar-refractivity contribution in [2.24, 2.45) is 0 Å². The molecule has 27 heavy (non-hydrogen) atoms. The molecule has 2 heterocycles. The van der Waals surface area contributed by atoms with Crippen molar-refractivity contribution >= 4 is 23.6 Å². The highest BCUT2D eigenvalue weighted by Crippen LogP contribution is 2.29. The summed E-state index contributed by atoms with van der Waals surface area (Å²) in [5.74, 6) is 0.819. The van der Waals surface area contributed by atoms with E-state index in [1.807, 2.05) is 18.4 Å². The first-order valence-electron chi connectivity index (χ1n) is 9.39. The van der Waals surface area contributed by atoms with E-state index >= 15 is 0 Å². The number of aromatic nitrogens is 3. The van der Waals surface area contributed by atoms with Crippen LogP contribution >= 0.6 is 11.8 Å². The smallest absolute Gasteiger partial charge is 0.233 e. The first kappa shape index (κ1) is 19.7. The van der Waals surface area contributed by atoms with Gasteiger partial charge in [-0.2, -0.15) is 0 Å². The Morgan fingerprint density at radius 3 is 2.63 bits per heavy atom. The molecule has 1 amide bonds. The molecule has 1 aliphatic heterocycles. The summed E-state index contributed by atoms with van der Waals surface area (Å²) in [4.78, 5) is 14.5. The molecule has 1 N–H and O–H groups in total. The van der Waals surface area contributed by atoms with Gasteiger partial charge in [0.2, 0.25) is 11.9 Å². The average molecular weight is 390 g/mol. The van der Waals surface area contributed by atoms with Crippen molar-refractivity contribution in [2.45, 2.75) is 37.6 Å². The minimum absolute atomic E-state index is 0.0215. The largest absolute Gasteiger partial charge is 0.378 e. The summed E-state index contributed by atoms with van der Waals surface area (Å²) in [5, 5.41) is 12.3. The monoisotopic (exact) mass is 389 g/mol. The summed E-state index contributed by atoms with van der Waals surface area (Å²) < 4.78 is 7.51. The van der Waals surface area contributed by atoms with Crippen LogP contribution in [-0.2, 0) is 9.53 Å². The Morgan fingerprint density at radius 1 is 1.26 bits per heavy atom. The minimum atomic E-state index is -0.248. The second-order valence-electron chi connectivity index (χ2n) is 6.60. The third-order valence-corrected chi connectivity index (χ3v) is 5.45. The Labute approximate surface area is 164 Å². The molecule has 0 saturated carbocycles. The van der Waals surface area contributed by atoms with Gasteiger partial charge in [0.05, 0.1) is 24.2 Å². The predicted octanol–water partition coefficient (Wildman–Crippen LogP) is 2.42. The summed E-state index contributed by atoms with van der Waals surface area (Å²) in [6.45, 7) is 9.61. The fourth-order valence-electron chi connectivity index (χ4n) is 2.83. The Hall–Kier alpha value is -2.06. The van der Waals surface area contributed by atoms with Gasteiger partial charge in [-0.05, 0) is 32.4 Å². The van der Waals surface area contributed by atoms with Crippen molar-refractivity contribution in [3.05, 3.63) is 29.8 Å². The zero-order valence-corrected chi connectivity index (χ0v) is 17.0. The van der Waals surface area contributed by atoms with E-state index in [4.69, 9.17) is 4.74 Å². The Morgan fingerprint density at radius 2 is 1.96 bits per heavy atom. The Kier molecular flexibility index (Phi) is 6.73. The number of hydrogen-bond acceptors (Lipinski definition) is 6. The molecule has 0 bridgehead atoms. The van der Waals surface area contributed by atoms with Crippen molar-refractivity contribution < 1.29 is 9.53 Å². The average Bonchev–Trinajstić information content (AvgIpc) is 3.10. The third-order valence-electron chi connectivity index (χ3n) is 4.40. The number of benzene rings is 1. The van der Waals surface area contributed by atoms with Gasteiger partial charge in [-0.1, -0.05) is 36.4 Å². The second-order valence-corrected chi connectivity index (χ2v) is 7.91. The van der Waals surface area contributed by atoms with E-state index in [0.717, 1.165) is 36.3 Å². The number of carbonyl (C=O) groups is 1. The van der Waals surface area contributed by atoms with Gasteiger partial charge in [-0.25, -0.2) is 0 Å². The highest BCUT2D eigenvalue weighted by molar-refractivity contribution is 8.00. The molecular formula is C19H27N5O2S. The number of carbonyl (C=O) groups excluding carboxylic acids is 1. The van der Waals surface area contributed by atoms with E-state index in [-0.39, 0.29) is 11.2 Å². The number of hydrogen-bond donors (Lipinski definition) is 1. The van der Waals surface area contributed by atoms with Gasteiger partial charge >= 0.3 is 0 Å². The lowest BCUT2D eigenvalue weighted by Crippen LogP contribution is -2.38. The summed E-state index contributed by atoms with van der Waals surface area (Å²) in [5.41, 5.74) is 2.19. The van der Waals surface area contributed by atoms with Crippen LogP contribution in [0.1, 0.15) is 25.8 Å². The van der Waals surface area contributed by atoms with Crippen molar-refractivity contribution in [1.82, 2.24) is 20.1 Å². The molecule has 2 aromatic rings. The maximum absolute atomic E-state index is 12.3.